The summed E-state index contributed by atoms with van der Waals surface area (Å²) in [5, 5.41) is 0. The molecule has 1 nitrogen and oxygen atoms in total. The molecular weight excluding hydrogens is 244 g/mol. The van der Waals surface area contributed by atoms with Crippen molar-refractivity contribution in [1.29, 1.82) is 0 Å². The number of aryl methyl sites for hydroxylation is 1. The minimum Gasteiger partial charge on any atom is -0.299 e. The van der Waals surface area contributed by atoms with Crippen molar-refractivity contribution >= 4 is 5.78 Å². The van der Waals surface area contributed by atoms with Crippen LogP contribution in [0.4, 0.5) is 0 Å². The lowest BCUT2D eigenvalue weighted by molar-refractivity contribution is -0.131. The highest BCUT2D eigenvalue weighted by Crippen LogP contribution is 2.32. The fraction of sp³-hybridized carbons (Fsp3) is 0.632. The molecule has 112 valence electrons. The molecule has 0 fully saturated rings. The van der Waals surface area contributed by atoms with E-state index in [1.807, 2.05) is 20.8 Å². The summed E-state index contributed by atoms with van der Waals surface area (Å²) >= 11 is 0. The minimum absolute atomic E-state index is 0.109. The third-order valence-electron chi connectivity index (χ3n) is 3.57. The molecule has 1 rings (SSSR count). The number of ketones is 1. The van der Waals surface area contributed by atoms with Gasteiger partial charge < -0.3 is 0 Å². The van der Waals surface area contributed by atoms with Crippen LogP contribution in [0, 0.1) is 23.7 Å². The molecule has 0 N–H and O–H groups in total. The Morgan fingerprint density at radius 3 is 1.90 bits per heavy atom. The van der Waals surface area contributed by atoms with Crippen LogP contribution < -0.4 is 0 Å². The van der Waals surface area contributed by atoms with Gasteiger partial charge in [-0.2, -0.15) is 0 Å². The van der Waals surface area contributed by atoms with Gasteiger partial charge in [0.05, 0.1) is 0 Å². The lowest BCUT2D eigenvalue weighted by Crippen LogP contribution is -2.32. The third kappa shape index (κ3) is 5.48. The van der Waals surface area contributed by atoms with Crippen molar-refractivity contribution in [2.24, 2.45) is 16.7 Å². The highest BCUT2D eigenvalue weighted by Gasteiger charge is 2.32. The summed E-state index contributed by atoms with van der Waals surface area (Å²) in [6.07, 6.45) is 1.80. The predicted octanol–water partition coefficient (Wildman–Crippen LogP) is 5.21. The van der Waals surface area contributed by atoms with Crippen LogP contribution in [0.15, 0.2) is 24.3 Å². The maximum atomic E-state index is 12.7. The molecule has 0 aliphatic heterocycles. The summed E-state index contributed by atoms with van der Waals surface area (Å²) in [5.74, 6) is 0.491. The van der Waals surface area contributed by atoms with Gasteiger partial charge in [0.1, 0.15) is 5.78 Å². The zero-order valence-electron chi connectivity index (χ0n) is 14.2. The molecular formula is C19H30O. The van der Waals surface area contributed by atoms with Crippen molar-refractivity contribution in [2.45, 2.75) is 61.3 Å². The van der Waals surface area contributed by atoms with Crippen LogP contribution in [0.25, 0.3) is 0 Å². The number of rotatable bonds is 4. The van der Waals surface area contributed by atoms with E-state index in [-0.39, 0.29) is 16.7 Å². The third-order valence-corrected chi connectivity index (χ3v) is 3.57. The zero-order chi connectivity index (χ0) is 15.6. The molecule has 0 spiro atoms. The van der Waals surface area contributed by atoms with E-state index in [4.69, 9.17) is 0 Å². The van der Waals surface area contributed by atoms with Crippen LogP contribution in [0.1, 0.15) is 59.1 Å². The molecule has 20 heavy (non-hydrogen) atoms. The van der Waals surface area contributed by atoms with Crippen molar-refractivity contribution in [3.63, 3.8) is 0 Å². The van der Waals surface area contributed by atoms with Gasteiger partial charge in [-0.25, -0.2) is 0 Å². The Labute approximate surface area is 124 Å². The summed E-state index contributed by atoms with van der Waals surface area (Å²) in [6, 6.07) is 8.57. The van der Waals surface area contributed by atoms with E-state index in [2.05, 4.69) is 52.0 Å². The fourth-order valence-corrected chi connectivity index (χ4v) is 2.62. The smallest absolute Gasteiger partial charge is 0.141 e. The molecule has 0 radical (unpaired) electrons. The van der Waals surface area contributed by atoms with Gasteiger partial charge in [-0.05, 0) is 30.7 Å². The van der Waals surface area contributed by atoms with Crippen LogP contribution in [-0.4, -0.2) is 5.78 Å². The highest BCUT2D eigenvalue weighted by molar-refractivity contribution is 5.86. The van der Waals surface area contributed by atoms with Crippen molar-refractivity contribution in [2.75, 3.05) is 0 Å². The lowest BCUT2D eigenvalue weighted by Gasteiger charge is -2.30. The Balaban J connectivity index is 2.93. The molecule has 0 saturated carbocycles. The molecule has 0 amide bonds. The normalized spacial score (nSPS) is 14.2. The topological polar surface area (TPSA) is 17.1 Å². The first-order valence-corrected chi connectivity index (χ1v) is 7.59. The van der Waals surface area contributed by atoms with Crippen LogP contribution in [0.3, 0.4) is 0 Å². The number of benzene rings is 1. The molecule has 0 unspecified atom stereocenters. The molecule has 0 bridgehead atoms. The Kier molecular flexibility index (Phi) is 5.18. The number of carbonyl (C=O) groups is 1. The van der Waals surface area contributed by atoms with Crippen LogP contribution in [0.5, 0.6) is 0 Å². The van der Waals surface area contributed by atoms with E-state index >= 15 is 0 Å². The standard InChI is InChI=1S/C19H30O/c1-14-8-10-15(11-9-14)12-16(13-18(2,3)4)17(20)19(5,6)7/h8-11,16H,12-13H2,1-7H3/t16-/m1/s1. The van der Waals surface area contributed by atoms with Crippen molar-refractivity contribution < 1.29 is 4.79 Å². The Bertz CT molecular complexity index is 440. The second-order valence-corrected chi connectivity index (χ2v) is 8.27. The average Bonchev–Trinajstić information content (AvgIpc) is 2.27. The molecule has 0 aliphatic carbocycles. The summed E-state index contributed by atoms with van der Waals surface area (Å²) in [5.41, 5.74) is 2.45. The summed E-state index contributed by atoms with van der Waals surface area (Å²) in [6.45, 7) is 14.8. The number of Topliss-reactive ketones (excluding diaryl/α,β-unsaturated/α-hetero) is 1. The SMILES string of the molecule is Cc1ccc(C[C@H](CC(C)(C)C)C(=O)C(C)(C)C)cc1. The van der Waals surface area contributed by atoms with Gasteiger partial charge in [0.15, 0.2) is 0 Å². The first-order chi connectivity index (χ1) is 8.99. The van der Waals surface area contributed by atoms with E-state index in [0.29, 0.717) is 5.78 Å². The number of hydrogen-bond donors (Lipinski definition) is 0. The monoisotopic (exact) mass is 274 g/mol. The quantitative estimate of drug-likeness (QED) is 0.737. The van der Waals surface area contributed by atoms with Crippen molar-refractivity contribution in [3.8, 4) is 0 Å². The first-order valence-electron chi connectivity index (χ1n) is 7.59. The fourth-order valence-electron chi connectivity index (χ4n) is 2.62. The maximum absolute atomic E-state index is 12.7. The summed E-state index contributed by atoms with van der Waals surface area (Å²) < 4.78 is 0. The number of carbonyl (C=O) groups excluding carboxylic acids is 1. The van der Waals surface area contributed by atoms with Gasteiger partial charge >= 0.3 is 0 Å². The van der Waals surface area contributed by atoms with Crippen LogP contribution >= 0.6 is 0 Å². The molecule has 0 aliphatic rings. The second kappa shape index (κ2) is 6.11. The molecule has 1 atom stereocenters. The largest absolute Gasteiger partial charge is 0.299 e. The molecule has 0 aromatic heterocycles. The average molecular weight is 274 g/mol. The summed E-state index contributed by atoms with van der Waals surface area (Å²) in [4.78, 5) is 12.7. The highest BCUT2D eigenvalue weighted by atomic mass is 16.1. The van der Waals surface area contributed by atoms with E-state index in [1.54, 1.807) is 0 Å². The Hall–Kier alpha value is -1.11. The first kappa shape index (κ1) is 16.9. The van der Waals surface area contributed by atoms with Crippen molar-refractivity contribution in [3.05, 3.63) is 35.4 Å². The maximum Gasteiger partial charge on any atom is 0.141 e. The molecule has 1 aromatic carbocycles. The number of hydrogen-bond acceptors (Lipinski definition) is 1. The molecule has 1 aromatic rings. The van der Waals surface area contributed by atoms with Crippen LogP contribution in [-0.2, 0) is 11.2 Å². The predicted molar refractivity (Wildman–Crippen MR) is 86.9 cm³/mol. The van der Waals surface area contributed by atoms with Gasteiger partial charge in [-0.1, -0.05) is 71.4 Å². The van der Waals surface area contributed by atoms with E-state index in [1.165, 1.54) is 11.1 Å². The van der Waals surface area contributed by atoms with Gasteiger partial charge in [0.25, 0.3) is 0 Å². The van der Waals surface area contributed by atoms with Crippen molar-refractivity contribution in [1.82, 2.24) is 0 Å². The van der Waals surface area contributed by atoms with Gasteiger partial charge in [-0.15, -0.1) is 0 Å². The Morgan fingerprint density at radius 2 is 1.50 bits per heavy atom. The van der Waals surface area contributed by atoms with E-state index in [0.717, 1.165) is 12.8 Å². The Morgan fingerprint density at radius 1 is 1.00 bits per heavy atom. The zero-order valence-corrected chi connectivity index (χ0v) is 14.2. The molecule has 0 heterocycles. The second-order valence-electron chi connectivity index (χ2n) is 8.27. The van der Waals surface area contributed by atoms with E-state index < -0.39 is 0 Å². The van der Waals surface area contributed by atoms with Crippen LogP contribution in [0.2, 0.25) is 0 Å². The lowest BCUT2D eigenvalue weighted by atomic mass is 9.73. The summed E-state index contributed by atoms with van der Waals surface area (Å²) in [7, 11) is 0. The van der Waals surface area contributed by atoms with Gasteiger partial charge in [-0.3, -0.25) is 4.79 Å². The molecule has 0 saturated heterocycles. The van der Waals surface area contributed by atoms with Gasteiger partial charge in [0, 0.05) is 11.3 Å². The van der Waals surface area contributed by atoms with E-state index in [9.17, 15) is 4.79 Å². The minimum atomic E-state index is -0.263. The molecule has 1 heteroatoms. The van der Waals surface area contributed by atoms with Gasteiger partial charge in [0.2, 0.25) is 0 Å².